The highest BCUT2D eigenvalue weighted by Gasteiger charge is 2.41. The van der Waals surface area contributed by atoms with Crippen LogP contribution < -0.4 is 30.9 Å². The van der Waals surface area contributed by atoms with Gasteiger partial charge in [-0.2, -0.15) is 4.98 Å². The van der Waals surface area contributed by atoms with E-state index in [0.29, 0.717) is 69.5 Å². The van der Waals surface area contributed by atoms with Crippen molar-refractivity contribution in [3.63, 3.8) is 0 Å². The Morgan fingerprint density at radius 1 is 0.949 bits per heavy atom. The Balaban J connectivity index is 0.764. The van der Waals surface area contributed by atoms with Gasteiger partial charge in [-0.1, -0.05) is 49.7 Å². The fourth-order valence-electron chi connectivity index (χ4n) is 10.7. The predicted octanol–water partition coefficient (Wildman–Crippen LogP) is 8.25. The smallest absolute Gasteiger partial charge is 0.241 e. The van der Waals surface area contributed by atoms with Gasteiger partial charge in [0.15, 0.2) is 15.7 Å². The van der Waals surface area contributed by atoms with Crippen molar-refractivity contribution in [1.29, 1.82) is 0 Å². The van der Waals surface area contributed by atoms with Gasteiger partial charge in [0, 0.05) is 63.0 Å². The summed E-state index contributed by atoms with van der Waals surface area (Å²) in [5.74, 6) is 1.20. The van der Waals surface area contributed by atoms with E-state index >= 15 is 0 Å². The summed E-state index contributed by atoms with van der Waals surface area (Å²) in [4.78, 5) is 50.0. The van der Waals surface area contributed by atoms with E-state index in [0.717, 1.165) is 73.6 Å². The third-order valence-corrected chi connectivity index (χ3v) is 17.5. The van der Waals surface area contributed by atoms with Crippen molar-refractivity contribution in [3.05, 3.63) is 118 Å². The van der Waals surface area contributed by atoms with Gasteiger partial charge in [0.05, 0.1) is 71.5 Å². The van der Waals surface area contributed by atoms with Crippen LogP contribution in [0.4, 0.5) is 33.2 Å². The predicted molar refractivity (Wildman–Crippen MR) is 311 cm³/mol. The molecule has 8 rings (SSSR count). The van der Waals surface area contributed by atoms with E-state index in [4.69, 9.17) is 26.1 Å². The number of benzene rings is 3. The number of amides is 2. The molecule has 3 aliphatic heterocycles. The van der Waals surface area contributed by atoms with Crippen LogP contribution in [0, 0.1) is 12.7 Å². The molecule has 2 saturated heterocycles. The van der Waals surface area contributed by atoms with E-state index in [1.807, 2.05) is 31.0 Å². The normalized spacial score (nSPS) is 18.1. The Morgan fingerprint density at radius 3 is 2.43 bits per heavy atom. The largest absolute Gasteiger partial charge is 0.489 e. The zero-order valence-corrected chi connectivity index (χ0v) is 48.8. The number of fused-ring (bicyclic) bond motifs is 1. The highest BCUT2D eigenvalue weighted by atomic mass is 35.5. The van der Waals surface area contributed by atoms with Crippen LogP contribution in [0.2, 0.25) is 5.02 Å². The van der Waals surface area contributed by atoms with Gasteiger partial charge < -0.3 is 40.5 Å². The lowest BCUT2D eigenvalue weighted by Crippen LogP contribution is -2.60. The number of hydrogen-bond acceptors (Lipinski definition) is 15. The molecule has 0 saturated carbocycles. The average Bonchev–Trinajstić information content (AvgIpc) is 3.91. The van der Waals surface area contributed by atoms with Gasteiger partial charge in [0.25, 0.3) is 0 Å². The summed E-state index contributed by atoms with van der Waals surface area (Å²) in [6.45, 7) is 22.8. The number of likely N-dealkylation sites (N-methyl/N-ethyl adjacent to an activating group) is 1. The molecule has 0 aliphatic carbocycles. The second-order valence-electron chi connectivity index (χ2n) is 22.6. The number of sulfone groups is 1. The first-order valence-electron chi connectivity index (χ1n) is 27.6. The van der Waals surface area contributed by atoms with E-state index < -0.39 is 15.1 Å². The van der Waals surface area contributed by atoms with Crippen LogP contribution in [0.5, 0.6) is 5.75 Å². The van der Waals surface area contributed by atoms with Gasteiger partial charge in [-0.15, -0.1) is 0 Å². The topological polar surface area (TPSA) is 186 Å². The maximum Gasteiger partial charge on any atom is 0.241 e. The first-order valence-corrected chi connectivity index (χ1v) is 29.5. The number of carbonyl (C=O) groups is 2. The lowest BCUT2D eigenvalue weighted by Gasteiger charge is -2.41. The Morgan fingerprint density at radius 2 is 1.70 bits per heavy atom. The Kier molecular flexibility index (Phi) is 19.7. The van der Waals surface area contributed by atoms with Crippen LogP contribution in [0.25, 0.3) is 0 Å². The van der Waals surface area contributed by atoms with E-state index in [1.165, 1.54) is 23.9 Å². The number of anilines is 5. The first kappa shape index (κ1) is 59.3. The summed E-state index contributed by atoms with van der Waals surface area (Å²) in [7, 11) is -1.51. The molecule has 4 N–H and O–H groups in total. The van der Waals surface area contributed by atoms with Crippen molar-refractivity contribution in [2.24, 2.45) is 0 Å². The lowest BCUT2D eigenvalue weighted by atomic mass is 9.86. The summed E-state index contributed by atoms with van der Waals surface area (Å²) in [5.41, 5.74) is 6.79. The quantitative estimate of drug-likeness (QED) is 0.0458. The van der Waals surface area contributed by atoms with Gasteiger partial charge in [0.1, 0.15) is 16.6 Å². The lowest BCUT2D eigenvalue weighted by molar-refractivity contribution is -0.123. The maximum atomic E-state index is 14.2. The molecule has 0 bridgehead atoms. The first-order chi connectivity index (χ1) is 37.6. The number of aryl methyl sites for hydroxylation is 1. The molecule has 0 spiro atoms. The molecule has 3 aliphatic rings. The Hall–Kier alpha value is -5.80. The zero-order chi connectivity index (χ0) is 56.6. The minimum Gasteiger partial charge on any atom is -0.489 e. The average molecular weight is 1120 g/mol. The third-order valence-electron chi connectivity index (χ3n) is 15.0. The van der Waals surface area contributed by atoms with E-state index in [1.54, 1.807) is 50.2 Å². The second-order valence-corrected chi connectivity index (χ2v) is 25.5. The van der Waals surface area contributed by atoms with Crippen molar-refractivity contribution in [1.82, 2.24) is 40.3 Å². The molecule has 3 aromatic carbocycles. The number of rotatable bonds is 23. The van der Waals surface area contributed by atoms with Crippen LogP contribution in [-0.2, 0) is 36.0 Å². The number of hydrogen-bond donors (Lipinski definition) is 4. The molecule has 5 aromatic rings. The Labute approximate surface area is 471 Å². The Bertz CT molecular complexity index is 3030. The molecule has 17 nitrogen and oxygen atoms in total. The molecule has 79 heavy (non-hydrogen) atoms. The number of para-hydroxylation sites is 1. The second kappa shape index (κ2) is 26.2. The molecule has 0 radical (unpaired) electrons. The van der Waals surface area contributed by atoms with Gasteiger partial charge >= 0.3 is 0 Å². The van der Waals surface area contributed by atoms with Crippen LogP contribution in [0.1, 0.15) is 95.2 Å². The molecule has 20 heteroatoms. The summed E-state index contributed by atoms with van der Waals surface area (Å²) >= 11 is 6.54. The highest BCUT2D eigenvalue weighted by Crippen LogP contribution is 2.41. The number of ether oxygens (including phenoxy) is 2. The molecule has 5 heterocycles. The number of likely N-dealkylation sites (tertiary alicyclic amines) is 1. The van der Waals surface area contributed by atoms with Gasteiger partial charge in [-0.05, 0) is 152 Å². The summed E-state index contributed by atoms with van der Waals surface area (Å²) < 4.78 is 52.2. The summed E-state index contributed by atoms with van der Waals surface area (Å²) in [5, 5.41) is 12.7. The molecule has 2 atom stereocenters. The molecule has 2 aromatic heterocycles. The van der Waals surface area contributed by atoms with Crippen molar-refractivity contribution >= 4 is 62.1 Å². The molecular formula is C59H79ClFN11O6S. The summed E-state index contributed by atoms with van der Waals surface area (Å²) in [6.07, 6.45) is 5.61. The number of piperazine rings is 1. The molecular weight excluding hydrogens is 1050 g/mol. The number of aromatic nitrogens is 3. The number of piperidine rings is 1. The number of carbonyl (C=O) groups excluding carboxylic acids is 2. The monoisotopic (exact) mass is 1120 g/mol. The van der Waals surface area contributed by atoms with E-state index in [2.05, 4.69) is 92.8 Å². The van der Waals surface area contributed by atoms with Gasteiger partial charge in [-0.25, -0.2) is 17.8 Å². The maximum absolute atomic E-state index is 14.2. The van der Waals surface area contributed by atoms with Crippen molar-refractivity contribution in [2.75, 3.05) is 101 Å². The van der Waals surface area contributed by atoms with Crippen LogP contribution in [0.15, 0.2) is 84.0 Å². The number of nitrogens with one attached hydrogen (secondary N) is 4. The number of nitrogens with zero attached hydrogens (tertiary/aromatic N) is 7. The van der Waals surface area contributed by atoms with E-state index in [-0.39, 0.29) is 68.8 Å². The van der Waals surface area contributed by atoms with E-state index in [9.17, 15) is 22.4 Å². The standard InChI is InChI=1S/C59H79ClFN11O6S/c1-38(2)78-52-29-47(40(5)26-50(52)67-58-65-32-48(60)57(68-58)66-49-12-10-11-13-53(49)79(75,76)39(3)4)44-18-21-70(22-19-44)35-54(73)62-20-24-77-25-23-69(9)34-46-31-63-41(6)33-71(46)36-55(74)72-37-59(7,8)56-51(72)28-43(30-64-56)27-42-14-16-45(61)17-15-42/h10-17,26,28-30,32,38-39,41,44,46,63H,18-25,27,31,33-37H2,1-9H3,(H,62,73)(H2,65,66,67,68)/t41-,46-/m1/s1. The van der Waals surface area contributed by atoms with Crippen molar-refractivity contribution in [3.8, 4) is 5.75 Å². The number of pyridine rings is 1. The molecule has 426 valence electrons. The molecule has 0 unspecified atom stereocenters. The van der Waals surface area contributed by atoms with Crippen molar-refractivity contribution in [2.45, 2.75) is 114 Å². The minimum absolute atomic E-state index is 0.0256. The zero-order valence-electron chi connectivity index (χ0n) is 47.2. The van der Waals surface area contributed by atoms with Gasteiger partial charge in [0.2, 0.25) is 17.8 Å². The molecule has 2 amide bonds. The third kappa shape index (κ3) is 15.4. The number of halogens is 2. The fourth-order valence-corrected chi connectivity index (χ4v) is 12.1. The fraction of sp³-hybridized carbons (Fsp3) is 0.508. The van der Waals surface area contributed by atoms with Crippen LogP contribution in [0.3, 0.4) is 0 Å². The van der Waals surface area contributed by atoms with Crippen molar-refractivity contribution < 1.29 is 31.9 Å². The van der Waals surface area contributed by atoms with Crippen LogP contribution >= 0.6 is 11.6 Å². The SMILES string of the molecule is Cc1cc(Nc2ncc(Cl)c(Nc3ccccc3S(=O)(=O)C(C)C)n2)c(OC(C)C)cc1C1CCN(CC(=O)NCCOCCN(C)C[C@H]2CN[C@H](C)CN2CC(=O)N2CC(C)(C)c3ncc(Cc4ccc(F)cc4)cc32)CC1. The molecule has 2 fully saturated rings. The van der Waals surface area contributed by atoms with Gasteiger partial charge in [-0.3, -0.25) is 24.4 Å². The highest BCUT2D eigenvalue weighted by molar-refractivity contribution is 7.92. The van der Waals surface area contributed by atoms with Crippen LogP contribution in [-0.4, -0.2) is 159 Å². The summed E-state index contributed by atoms with van der Waals surface area (Å²) in [6, 6.07) is 19.8. The minimum atomic E-state index is -3.59.